The first-order valence-corrected chi connectivity index (χ1v) is 5.32. The van der Waals surface area contributed by atoms with Gasteiger partial charge in [0.1, 0.15) is 0 Å². The lowest BCUT2D eigenvalue weighted by Gasteiger charge is -2.17. The van der Waals surface area contributed by atoms with Gasteiger partial charge in [0.2, 0.25) is 0 Å². The molecule has 1 aromatic rings. The van der Waals surface area contributed by atoms with E-state index in [1.54, 1.807) is 0 Å². The van der Waals surface area contributed by atoms with Crippen LogP contribution < -0.4 is 5.73 Å². The minimum Gasteiger partial charge on any atom is -0.326 e. The van der Waals surface area contributed by atoms with Crippen molar-refractivity contribution < 1.29 is 26.3 Å². The van der Waals surface area contributed by atoms with Gasteiger partial charge in [-0.15, -0.1) is 0 Å². The summed E-state index contributed by atoms with van der Waals surface area (Å²) in [4.78, 5) is 0. The molecule has 2 N–H and O–H groups in total. The highest BCUT2D eigenvalue weighted by atomic mass is 127. The molecule has 96 valence electrons. The standard InChI is InChI=1S/C9H6F6IN/c10-8(11,12)5-1-4(3-17)7(16)2-6(5)9(13,14)15/h1-2H,3,17H2. The molecule has 0 saturated heterocycles. The average Bonchev–Trinajstić information content (AvgIpc) is 2.14. The lowest BCUT2D eigenvalue weighted by atomic mass is 10.0. The predicted octanol–water partition coefficient (Wildman–Crippen LogP) is 3.79. The fraction of sp³-hybridized carbons (Fsp3) is 0.333. The first kappa shape index (κ1) is 14.6. The van der Waals surface area contributed by atoms with Gasteiger partial charge < -0.3 is 5.73 Å². The van der Waals surface area contributed by atoms with Crippen LogP contribution in [0.3, 0.4) is 0 Å². The summed E-state index contributed by atoms with van der Waals surface area (Å²) in [6.45, 7) is -0.251. The number of halogens is 7. The zero-order valence-corrected chi connectivity index (χ0v) is 10.2. The van der Waals surface area contributed by atoms with Gasteiger partial charge in [-0.05, 0) is 40.3 Å². The summed E-state index contributed by atoms with van der Waals surface area (Å²) in [6.07, 6.45) is -10.1. The minimum absolute atomic E-state index is 0.0333. The molecule has 0 saturated carbocycles. The predicted molar refractivity (Wildman–Crippen MR) is 57.1 cm³/mol. The summed E-state index contributed by atoms with van der Waals surface area (Å²) in [5, 5.41) is 0. The van der Waals surface area contributed by atoms with Crippen LogP contribution >= 0.6 is 22.6 Å². The van der Waals surface area contributed by atoms with Crippen LogP contribution in [0.2, 0.25) is 0 Å². The highest BCUT2D eigenvalue weighted by Crippen LogP contribution is 2.41. The average molecular weight is 369 g/mol. The quantitative estimate of drug-likeness (QED) is 0.592. The van der Waals surface area contributed by atoms with Crippen LogP contribution in [-0.2, 0) is 18.9 Å². The molecule has 0 aliphatic rings. The molecule has 0 aliphatic heterocycles. The Balaban J connectivity index is 3.54. The molecule has 0 aromatic heterocycles. The van der Waals surface area contributed by atoms with Crippen molar-refractivity contribution in [1.82, 2.24) is 0 Å². The Labute approximate surface area is 106 Å². The van der Waals surface area contributed by atoms with E-state index in [9.17, 15) is 26.3 Å². The van der Waals surface area contributed by atoms with Crippen molar-refractivity contribution in [3.8, 4) is 0 Å². The van der Waals surface area contributed by atoms with Crippen LogP contribution in [0.1, 0.15) is 16.7 Å². The van der Waals surface area contributed by atoms with Gasteiger partial charge >= 0.3 is 12.4 Å². The maximum absolute atomic E-state index is 12.5. The van der Waals surface area contributed by atoms with E-state index in [4.69, 9.17) is 5.73 Å². The highest BCUT2D eigenvalue weighted by molar-refractivity contribution is 14.1. The van der Waals surface area contributed by atoms with Crippen LogP contribution in [0.4, 0.5) is 26.3 Å². The van der Waals surface area contributed by atoms with Gasteiger partial charge in [-0.2, -0.15) is 26.3 Å². The normalized spacial score (nSPS) is 12.9. The van der Waals surface area contributed by atoms with E-state index in [0.29, 0.717) is 12.1 Å². The number of benzene rings is 1. The first-order valence-electron chi connectivity index (χ1n) is 4.24. The molecule has 0 fully saturated rings. The topological polar surface area (TPSA) is 26.0 Å². The largest absolute Gasteiger partial charge is 0.417 e. The Morgan fingerprint density at radius 2 is 1.35 bits per heavy atom. The van der Waals surface area contributed by atoms with E-state index in [1.807, 2.05) is 0 Å². The molecule has 0 radical (unpaired) electrons. The lowest BCUT2D eigenvalue weighted by Crippen LogP contribution is -2.18. The van der Waals surface area contributed by atoms with E-state index >= 15 is 0 Å². The van der Waals surface area contributed by atoms with Crippen molar-refractivity contribution in [2.45, 2.75) is 18.9 Å². The summed E-state index contributed by atoms with van der Waals surface area (Å²) in [7, 11) is 0. The lowest BCUT2D eigenvalue weighted by molar-refractivity contribution is -0.162. The maximum atomic E-state index is 12.5. The molecule has 0 heterocycles. The zero-order chi connectivity index (χ0) is 13.4. The summed E-state index contributed by atoms with van der Waals surface area (Å²) in [6, 6.07) is 0.913. The number of rotatable bonds is 1. The fourth-order valence-corrected chi connectivity index (χ4v) is 1.93. The maximum Gasteiger partial charge on any atom is 0.417 e. The molecular formula is C9H6F6IN. The Bertz CT molecular complexity index is 423. The smallest absolute Gasteiger partial charge is 0.326 e. The molecule has 0 bridgehead atoms. The van der Waals surface area contributed by atoms with E-state index < -0.39 is 23.5 Å². The second kappa shape index (κ2) is 4.63. The van der Waals surface area contributed by atoms with Crippen LogP contribution in [-0.4, -0.2) is 0 Å². The molecule has 0 spiro atoms. The highest BCUT2D eigenvalue weighted by Gasteiger charge is 2.43. The van der Waals surface area contributed by atoms with E-state index in [2.05, 4.69) is 0 Å². The third kappa shape index (κ3) is 3.24. The molecule has 1 aromatic carbocycles. The van der Waals surface area contributed by atoms with Crippen molar-refractivity contribution in [2.24, 2.45) is 5.73 Å². The number of nitrogens with two attached hydrogens (primary N) is 1. The Morgan fingerprint density at radius 1 is 0.941 bits per heavy atom. The van der Waals surface area contributed by atoms with Gasteiger partial charge in [0, 0.05) is 10.1 Å². The van der Waals surface area contributed by atoms with E-state index in [-0.39, 0.29) is 15.7 Å². The van der Waals surface area contributed by atoms with Crippen molar-refractivity contribution in [3.63, 3.8) is 0 Å². The van der Waals surface area contributed by atoms with Gasteiger partial charge in [-0.3, -0.25) is 0 Å². The Kier molecular flexibility index (Phi) is 3.97. The van der Waals surface area contributed by atoms with Gasteiger partial charge in [-0.1, -0.05) is 0 Å². The van der Waals surface area contributed by atoms with E-state index in [1.165, 1.54) is 22.6 Å². The van der Waals surface area contributed by atoms with Gasteiger partial charge in [-0.25, -0.2) is 0 Å². The summed E-state index contributed by atoms with van der Waals surface area (Å²) in [5.74, 6) is 0. The number of hydrogen-bond acceptors (Lipinski definition) is 1. The Morgan fingerprint density at radius 3 is 1.71 bits per heavy atom. The molecule has 1 nitrogen and oxygen atoms in total. The van der Waals surface area contributed by atoms with Crippen molar-refractivity contribution in [3.05, 3.63) is 32.4 Å². The Hall–Kier alpha value is -0.510. The van der Waals surface area contributed by atoms with Crippen molar-refractivity contribution in [1.29, 1.82) is 0 Å². The van der Waals surface area contributed by atoms with E-state index in [0.717, 1.165) is 0 Å². The number of alkyl halides is 6. The van der Waals surface area contributed by atoms with Crippen LogP contribution in [0, 0.1) is 3.57 Å². The monoisotopic (exact) mass is 369 g/mol. The van der Waals surface area contributed by atoms with Crippen molar-refractivity contribution >= 4 is 22.6 Å². The third-order valence-corrected chi connectivity index (χ3v) is 3.02. The SMILES string of the molecule is NCc1cc(C(F)(F)F)c(C(F)(F)F)cc1I. The minimum atomic E-state index is -5.06. The number of hydrogen-bond donors (Lipinski definition) is 1. The molecule has 0 atom stereocenters. The van der Waals surface area contributed by atoms with Crippen molar-refractivity contribution in [2.75, 3.05) is 0 Å². The first-order chi connectivity index (χ1) is 7.57. The van der Waals surface area contributed by atoms with Crippen LogP contribution in [0.15, 0.2) is 12.1 Å². The second-order valence-electron chi connectivity index (χ2n) is 3.19. The fourth-order valence-electron chi connectivity index (χ4n) is 1.24. The molecular weight excluding hydrogens is 363 g/mol. The molecule has 17 heavy (non-hydrogen) atoms. The molecule has 0 unspecified atom stereocenters. The van der Waals surface area contributed by atoms with Gasteiger partial charge in [0.05, 0.1) is 11.1 Å². The van der Waals surface area contributed by atoms with Gasteiger partial charge in [0.15, 0.2) is 0 Å². The zero-order valence-electron chi connectivity index (χ0n) is 8.08. The van der Waals surface area contributed by atoms with Crippen LogP contribution in [0.5, 0.6) is 0 Å². The summed E-state index contributed by atoms with van der Waals surface area (Å²) in [5.41, 5.74) is 1.81. The molecule has 0 amide bonds. The summed E-state index contributed by atoms with van der Waals surface area (Å²) < 4.78 is 74.9. The molecule has 0 aliphatic carbocycles. The molecule has 1 rings (SSSR count). The molecule has 8 heteroatoms. The third-order valence-electron chi connectivity index (χ3n) is 2.02. The summed E-state index contributed by atoms with van der Waals surface area (Å²) >= 11 is 1.52. The van der Waals surface area contributed by atoms with Crippen LogP contribution in [0.25, 0.3) is 0 Å². The second-order valence-corrected chi connectivity index (χ2v) is 4.35. The van der Waals surface area contributed by atoms with Gasteiger partial charge in [0.25, 0.3) is 0 Å².